The third-order valence-corrected chi connectivity index (χ3v) is 6.25. The highest BCUT2D eigenvalue weighted by Gasteiger charge is 2.19. The molecule has 2 aromatic carbocycles. The second-order valence-electron chi connectivity index (χ2n) is 7.52. The van der Waals surface area contributed by atoms with Crippen molar-refractivity contribution in [1.29, 1.82) is 0 Å². The van der Waals surface area contributed by atoms with Gasteiger partial charge in [-0.05, 0) is 36.6 Å². The summed E-state index contributed by atoms with van der Waals surface area (Å²) in [6.45, 7) is 1.52. The first kappa shape index (κ1) is 24.0. The lowest BCUT2D eigenvalue weighted by Crippen LogP contribution is -2.41. The Bertz CT molecular complexity index is 1520. The predicted molar refractivity (Wildman–Crippen MR) is 133 cm³/mol. The Morgan fingerprint density at radius 2 is 1.74 bits per heavy atom. The van der Waals surface area contributed by atoms with E-state index >= 15 is 0 Å². The minimum absolute atomic E-state index is 0.0111. The van der Waals surface area contributed by atoms with Gasteiger partial charge in [-0.15, -0.1) is 11.3 Å². The minimum atomic E-state index is -0.624. The SMILES string of the molecule is CCOC(=O)c1ccccc1NC(=O)Cn1c(=O)n(Cc2ccccc2OC)c(=O)c2sccc21. The molecule has 0 bridgehead atoms. The Balaban J connectivity index is 1.70. The average molecular weight is 494 g/mol. The van der Waals surface area contributed by atoms with Gasteiger partial charge in [0.25, 0.3) is 5.56 Å². The van der Waals surface area contributed by atoms with Crippen LogP contribution < -0.4 is 21.3 Å². The number of thiophene rings is 1. The van der Waals surface area contributed by atoms with Gasteiger partial charge in [0.15, 0.2) is 0 Å². The van der Waals surface area contributed by atoms with Gasteiger partial charge >= 0.3 is 11.7 Å². The first-order chi connectivity index (χ1) is 16.9. The second kappa shape index (κ2) is 10.4. The van der Waals surface area contributed by atoms with Crippen LogP contribution in [0.1, 0.15) is 22.8 Å². The quantitative estimate of drug-likeness (QED) is 0.378. The van der Waals surface area contributed by atoms with Crippen molar-refractivity contribution in [2.75, 3.05) is 19.0 Å². The standard InChI is InChI=1S/C25H23N3O6S/c1-3-34-24(31)17-9-5-6-10-18(17)26-21(29)15-27-19-12-13-35-22(19)23(30)28(25(27)32)14-16-8-4-7-11-20(16)33-2/h4-13H,3,14-15H2,1-2H3,(H,26,29). The molecule has 2 aromatic heterocycles. The van der Waals surface area contributed by atoms with Crippen LogP contribution in [-0.4, -0.2) is 34.7 Å². The lowest BCUT2D eigenvalue weighted by molar-refractivity contribution is -0.116. The zero-order valence-corrected chi connectivity index (χ0v) is 20.0. The van der Waals surface area contributed by atoms with Gasteiger partial charge in [0.05, 0.1) is 37.0 Å². The Hall–Kier alpha value is -4.18. The Labute approximate surface area is 204 Å². The summed E-state index contributed by atoms with van der Waals surface area (Å²) in [5, 5.41) is 4.38. The number of methoxy groups -OCH3 is 1. The number of para-hydroxylation sites is 2. The van der Waals surface area contributed by atoms with Crippen molar-refractivity contribution in [3.05, 3.63) is 91.9 Å². The number of hydrogen-bond donors (Lipinski definition) is 1. The minimum Gasteiger partial charge on any atom is -0.496 e. The van der Waals surface area contributed by atoms with Crippen molar-refractivity contribution < 1.29 is 19.1 Å². The van der Waals surface area contributed by atoms with Gasteiger partial charge in [-0.3, -0.25) is 18.7 Å². The Morgan fingerprint density at radius 1 is 1.00 bits per heavy atom. The molecule has 4 rings (SSSR count). The van der Waals surface area contributed by atoms with Gasteiger partial charge < -0.3 is 14.8 Å². The maximum absolute atomic E-state index is 13.4. The smallest absolute Gasteiger partial charge is 0.340 e. The molecule has 10 heteroatoms. The molecule has 0 fully saturated rings. The summed E-state index contributed by atoms with van der Waals surface area (Å²) in [7, 11) is 1.51. The van der Waals surface area contributed by atoms with Crippen LogP contribution >= 0.6 is 11.3 Å². The Morgan fingerprint density at radius 3 is 2.51 bits per heavy atom. The van der Waals surface area contributed by atoms with Gasteiger partial charge in [-0.1, -0.05) is 30.3 Å². The van der Waals surface area contributed by atoms with Crippen LogP contribution in [0.25, 0.3) is 10.2 Å². The summed E-state index contributed by atoms with van der Waals surface area (Å²) >= 11 is 1.20. The molecule has 0 atom stereocenters. The molecule has 0 unspecified atom stereocenters. The summed E-state index contributed by atoms with van der Waals surface area (Å²) in [6, 6.07) is 15.2. The third-order valence-electron chi connectivity index (χ3n) is 5.36. The van der Waals surface area contributed by atoms with Crippen LogP contribution in [0.4, 0.5) is 5.69 Å². The zero-order valence-electron chi connectivity index (χ0n) is 19.1. The number of amides is 1. The molecule has 9 nitrogen and oxygen atoms in total. The third kappa shape index (κ3) is 4.87. The summed E-state index contributed by atoms with van der Waals surface area (Å²) in [5.74, 6) is -0.546. The lowest BCUT2D eigenvalue weighted by Gasteiger charge is -2.14. The molecule has 0 saturated heterocycles. The Kier molecular flexibility index (Phi) is 7.11. The van der Waals surface area contributed by atoms with Gasteiger partial charge in [-0.2, -0.15) is 0 Å². The molecule has 180 valence electrons. The van der Waals surface area contributed by atoms with Gasteiger partial charge in [0.1, 0.15) is 17.0 Å². The van der Waals surface area contributed by atoms with E-state index in [-0.39, 0.29) is 30.9 Å². The van der Waals surface area contributed by atoms with Crippen LogP contribution in [0.2, 0.25) is 0 Å². The second-order valence-corrected chi connectivity index (χ2v) is 8.44. The van der Waals surface area contributed by atoms with Crippen LogP contribution in [-0.2, 0) is 22.6 Å². The summed E-state index contributed by atoms with van der Waals surface area (Å²) in [6.07, 6.45) is 0. The maximum Gasteiger partial charge on any atom is 0.340 e. The normalized spacial score (nSPS) is 10.8. The number of aromatic nitrogens is 2. The van der Waals surface area contributed by atoms with E-state index in [1.807, 2.05) is 0 Å². The molecule has 0 aliphatic rings. The van der Waals surface area contributed by atoms with Crippen molar-refractivity contribution in [3.63, 3.8) is 0 Å². The van der Waals surface area contributed by atoms with Crippen molar-refractivity contribution in [1.82, 2.24) is 9.13 Å². The molecule has 1 amide bonds. The van der Waals surface area contributed by atoms with Gasteiger partial charge in [-0.25, -0.2) is 9.59 Å². The molecule has 0 aliphatic carbocycles. The van der Waals surface area contributed by atoms with Crippen molar-refractivity contribution >= 4 is 39.1 Å². The molecule has 35 heavy (non-hydrogen) atoms. The van der Waals surface area contributed by atoms with Gasteiger partial charge in [0, 0.05) is 5.56 Å². The number of fused-ring (bicyclic) bond motifs is 1. The van der Waals surface area contributed by atoms with Crippen molar-refractivity contribution in [2.24, 2.45) is 0 Å². The van der Waals surface area contributed by atoms with Crippen LogP contribution in [0.15, 0.2) is 69.6 Å². The average Bonchev–Trinajstić information content (AvgIpc) is 3.35. The fourth-order valence-corrected chi connectivity index (χ4v) is 4.58. The molecule has 0 radical (unpaired) electrons. The molecule has 0 saturated carbocycles. The fraction of sp³-hybridized carbons (Fsp3) is 0.200. The first-order valence-electron chi connectivity index (χ1n) is 10.8. The number of esters is 1. The molecule has 1 N–H and O–H groups in total. The molecule has 0 spiro atoms. The largest absolute Gasteiger partial charge is 0.496 e. The molecule has 4 aromatic rings. The van der Waals surface area contributed by atoms with E-state index in [0.29, 0.717) is 21.5 Å². The molecular weight excluding hydrogens is 470 g/mol. The number of ether oxygens (including phenoxy) is 2. The number of rotatable bonds is 8. The lowest BCUT2D eigenvalue weighted by atomic mass is 10.2. The highest BCUT2D eigenvalue weighted by Crippen LogP contribution is 2.20. The summed E-state index contributed by atoms with van der Waals surface area (Å²) in [5.41, 5.74) is 0.445. The van der Waals surface area contributed by atoms with E-state index in [0.717, 1.165) is 4.57 Å². The molecule has 0 aliphatic heterocycles. The zero-order chi connectivity index (χ0) is 24.9. The number of nitrogens with one attached hydrogen (secondary N) is 1. The number of carbonyl (C=O) groups is 2. The monoisotopic (exact) mass is 493 g/mol. The van der Waals surface area contributed by atoms with Gasteiger partial charge in [0.2, 0.25) is 5.91 Å². The number of hydrogen-bond acceptors (Lipinski definition) is 7. The van der Waals surface area contributed by atoms with E-state index < -0.39 is 23.1 Å². The maximum atomic E-state index is 13.4. The van der Waals surface area contributed by atoms with E-state index in [2.05, 4.69) is 5.32 Å². The number of carbonyl (C=O) groups excluding carboxylic acids is 2. The fourth-order valence-electron chi connectivity index (χ4n) is 3.74. The van der Waals surface area contributed by atoms with Crippen molar-refractivity contribution in [2.45, 2.75) is 20.0 Å². The van der Waals surface area contributed by atoms with Crippen LogP contribution in [0.5, 0.6) is 5.75 Å². The van der Waals surface area contributed by atoms with Crippen LogP contribution in [0.3, 0.4) is 0 Å². The number of anilines is 1. The highest BCUT2D eigenvalue weighted by molar-refractivity contribution is 7.17. The highest BCUT2D eigenvalue weighted by atomic mass is 32.1. The van der Waals surface area contributed by atoms with E-state index in [4.69, 9.17) is 9.47 Å². The van der Waals surface area contributed by atoms with E-state index in [1.165, 1.54) is 23.0 Å². The molecular formula is C25H23N3O6S. The first-order valence-corrected chi connectivity index (χ1v) is 11.7. The van der Waals surface area contributed by atoms with Crippen molar-refractivity contribution in [3.8, 4) is 5.75 Å². The van der Waals surface area contributed by atoms with E-state index in [9.17, 15) is 19.2 Å². The molecule has 2 heterocycles. The number of benzene rings is 2. The van der Waals surface area contributed by atoms with Crippen LogP contribution in [0, 0.1) is 0 Å². The van der Waals surface area contributed by atoms with E-state index in [1.54, 1.807) is 66.9 Å². The predicted octanol–water partition coefficient (Wildman–Crippen LogP) is 3.10. The number of nitrogens with zero attached hydrogens (tertiary/aromatic N) is 2. The topological polar surface area (TPSA) is 109 Å². The summed E-state index contributed by atoms with van der Waals surface area (Å²) in [4.78, 5) is 51.7. The summed E-state index contributed by atoms with van der Waals surface area (Å²) < 4.78 is 13.1.